The van der Waals surface area contributed by atoms with Crippen molar-refractivity contribution in [2.45, 2.75) is 77.4 Å². The van der Waals surface area contributed by atoms with E-state index in [9.17, 15) is 5.11 Å². The van der Waals surface area contributed by atoms with Gasteiger partial charge in [-0.2, -0.15) is 0 Å². The third-order valence-corrected chi connectivity index (χ3v) is 5.78. The van der Waals surface area contributed by atoms with Crippen molar-refractivity contribution in [3.8, 4) is 0 Å². The number of aliphatic hydroxyl groups is 1. The fraction of sp³-hybridized carbons (Fsp3) is 0.571. The van der Waals surface area contributed by atoms with E-state index in [0.29, 0.717) is 25.7 Å². The van der Waals surface area contributed by atoms with Gasteiger partial charge in [-0.3, -0.25) is 0 Å². The lowest BCUT2D eigenvalue weighted by molar-refractivity contribution is 0.116. The fourth-order valence-corrected chi connectivity index (χ4v) is 3.84. The van der Waals surface area contributed by atoms with Gasteiger partial charge in [0.15, 0.2) is 0 Å². The van der Waals surface area contributed by atoms with Gasteiger partial charge in [0.1, 0.15) is 0 Å². The molecule has 2 aromatic rings. The highest BCUT2D eigenvalue weighted by Gasteiger charge is 2.07. The molecule has 0 saturated carbocycles. The van der Waals surface area contributed by atoms with E-state index in [0.717, 1.165) is 38.9 Å². The number of ether oxygens (including phenoxy) is 2. The van der Waals surface area contributed by atoms with Crippen molar-refractivity contribution in [3.63, 3.8) is 0 Å². The van der Waals surface area contributed by atoms with Crippen LogP contribution in [-0.4, -0.2) is 24.9 Å². The van der Waals surface area contributed by atoms with E-state index in [1.165, 1.54) is 49.7 Å². The largest absolute Gasteiger partial charge is 0.396 e. The molecule has 0 spiro atoms. The van der Waals surface area contributed by atoms with E-state index in [1.54, 1.807) is 0 Å². The summed E-state index contributed by atoms with van der Waals surface area (Å²) in [6, 6.07) is 20.7. The van der Waals surface area contributed by atoms with Gasteiger partial charge in [0.2, 0.25) is 0 Å². The molecule has 2 aromatic carbocycles. The van der Waals surface area contributed by atoms with Gasteiger partial charge < -0.3 is 14.6 Å². The first-order valence-electron chi connectivity index (χ1n) is 12.2. The van der Waals surface area contributed by atoms with Crippen LogP contribution < -0.4 is 0 Å². The van der Waals surface area contributed by atoms with Crippen LogP contribution in [0.2, 0.25) is 0 Å². The van der Waals surface area contributed by atoms with Gasteiger partial charge in [-0.15, -0.1) is 0 Å². The number of hydrogen-bond acceptors (Lipinski definition) is 3. The van der Waals surface area contributed by atoms with Crippen molar-refractivity contribution in [2.24, 2.45) is 5.92 Å². The SMILES string of the molecule is OCC(CCCCCCOCc1ccccc1)CCCCCCOCc1ccccc1. The average Bonchev–Trinajstić information content (AvgIpc) is 2.82. The van der Waals surface area contributed by atoms with E-state index in [4.69, 9.17) is 9.47 Å². The first-order chi connectivity index (χ1) is 15.4. The third kappa shape index (κ3) is 13.4. The van der Waals surface area contributed by atoms with Gasteiger partial charge in [0, 0.05) is 19.8 Å². The summed E-state index contributed by atoms with van der Waals surface area (Å²) in [5.74, 6) is 0.476. The summed E-state index contributed by atoms with van der Waals surface area (Å²) in [5, 5.41) is 9.65. The Bertz CT molecular complexity index is 574. The molecule has 0 aliphatic rings. The van der Waals surface area contributed by atoms with Crippen molar-refractivity contribution >= 4 is 0 Å². The molecule has 0 radical (unpaired) electrons. The van der Waals surface area contributed by atoms with Crippen LogP contribution in [0.5, 0.6) is 0 Å². The van der Waals surface area contributed by atoms with Gasteiger partial charge in [0.25, 0.3) is 0 Å². The summed E-state index contributed by atoms with van der Waals surface area (Å²) in [5.41, 5.74) is 2.49. The molecule has 0 atom stereocenters. The molecule has 1 N–H and O–H groups in total. The lowest BCUT2D eigenvalue weighted by Crippen LogP contribution is -2.06. The van der Waals surface area contributed by atoms with Crippen LogP contribution in [0.25, 0.3) is 0 Å². The molecule has 0 aromatic heterocycles. The van der Waals surface area contributed by atoms with Crippen LogP contribution in [0.1, 0.15) is 75.3 Å². The molecule has 0 aliphatic heterocycles. The van der Waals surface area contributed by atoms with Crippen LogP contribution in [0.3, 0.4) is 0 Å². The Kier molecular flexibility index (Phi) is 14.8. The first kappa shape index (κ1) is 25.6. The minimum absolute atomic E-state index is 0.334. The quantitative estimate of drug-likeness (QED) is 0.248. The molecular weight excluding hydrogens is 384 g/mol. The average molecular weight is 427 g/mol. The van der Waals surface area contributed by atoms with E-state index in [-0.39, 0.29) is 0 Å². The lowest BCUT2D eigenvalue weighted by atomic mass is 9.95. The molecule has 0 heterocycles. The van der Waals surface area contributed by atoms with Crippen LogP contribution in [-0.2, 0) is 22.7 Å². The zero-order chi connectivity index (χ0) is 21.8. The van der Waals surface area contributed by atoms with Gasteiger partial charge in [-0.1, -0.05) is 99.2 Å². The van der Waals surface area contributed by atoms with Gasteiger partial charge >= 0.3 is 0 Å². The zero-order valence-corrected chi connectivity index (χ0v) is 19.2. The summed E-state index contributed by atoms with van der Waals surface area (Å²) in [4.78, 5) is 0. The molecule has 0 aliphatic carbocycles. The topological polar surface area (TPSA) is 38.7 Å². The zero-order valence-electron chi connectivity index (χ0n) is 19.2. The third-order valence-electron chi connectivity index (χ3n) is 5.78. The summed E-state index contributed by atoms with van der Waals surface area (Å²) >= 11 is 0. The maximum absolute atomic E-state index is 9.65. The molecule has 31 heavy (non-hydrogen) atoms. The number of aliphatic hydroxyl groups excluding tert-OH is 1. The molecule has 0 bridgehead atoms. The Morgan fingerprint density at radius 1 is 0.548 bits per heavy atom. The molecule has 3 heteroatoms. The van der Waals surface area contributed by atoms with E-state index in [1.807, 2.05) is 12.1 Å². The second-order valence-electron chi connectivity index (χ2n) is 8.53. The number of benzene rings is 2. The summed E-state index contributed by atoms with van der Waals surface area (Å²) < 4.78 is 11.5. The Hall–Kier alpha value is -1.68. The van der Waals surface area contributed by atoms with Crippen LogP contribution in [0.4, 0.5) is 0 Å². The molecule has 3 nitrogen and oxygen atoms in total. The summed E-state index contributed by atoms with van der Waals surface area (Å²) in [6.07, 6.45) is 11.9. The highest BCUT2D eigenvalue weighted by molar-refractivity contribution is 5.14. The normalized spacial score (nSPS) is 11.3. The van der Waals surface area contributed by atoms with Gasteiger partial charge in [-0.05, 0) is 42.7 Å². The van der Waals surface area contributed by atoms with Crippen molar-refractivity contribution in [1.82, 2.24) is 0 Å². The highest BCUT2D eigenvalue weighted by atomic mass is 16.5. The Balaban J connectivity index is 1.34. The Morgan fingerprint density at radius 3 is 1.39 bits per heavy atom. The standard InChI is InChI=1S/C28H42O3/c29-23-26(15-7-1-3-13-21-30-24-27-17-9-5-10-18-27)16-8-2-4-14-22-31-25-28-19-11-6-12-20-28/h5-6,9-12,17-20,26,29H,1-4,7-8,13-16,21-25H2. The van der Waals surface area contributed by atoms with Crippen molar-refractivity contribution < 1.29 is 14.6 Å². The Labute approximate surface area is 189 Å². The van der Waals surface area contributed by atoms with Crippen molar-refractivity contribution in [1.29, 1.82) is 0 Å². The van der Waals surface area contributed by atoms with Gasteiger partial charge in [-0.25, -0.2) is 0 Å². The summed E-state index contributed by atoms with van der Waals surface area (Å²) in [6.45, 7) is 3.44. The van der Waals surface area contributed by atoms with Crippen molar-refractivity contribution in [3.05, 3.63) is 71.8 Å². The molecule has 2 rings (SSSR count). The smallest absolute Gasteiger partial charge is 0.0716 e. The Morgan fingerprint density at radius 2 is 0.968 bits per heavy atom. The number of unbranched alkanes of at least 4 members (excludes halogenated alkanes) is 6. The first-order valence-corrected chi connectivity index (χ1v) is 12.2. The maximum Gasteiger partial charge on any atom is 0.0716 e. The summed E-state index contributed by atoms with van der Waals surface area (Å²) in [7, 11) is 0. The van der Waals surface area contributed by atoms with Crippen LogP contribution >= 0.6 is 0 Å². The predicted molar refractivity (Wildman–Crippen MR) is 129 cm³/mol. The number of hydrogen-bond donors (Lipinski definition) is 1. The van der Waals surface area contributed by atoms with E-state index in [2.05, 4.69) is 48.5 Å². The number of rotatable bonds is 19. The molecule has 172 valence electrons. The van der Waals surface area contributed by atoms with E-state index >= 15 is 0 Å². The second-order valence-corrected chi connectivity index (χ2v) is 8.53. The monoisotopic (exact) mass is 426 g/mol. The second kappa shape index (κ2) is 17.9. The van der Waals surface area contributed by atoms with E-state index < -0.39 is 0 Å². The minimum Gasteiger partial charge on any atom is -0.396 e. The lowest BCUT2D eigenvalue weighted by Gasteiger charge is -2.14. The van der Waals surface area contributed by atoms with Crippen LogP contribution in [0, 0.1) is 5.92 Å². The highest BCUT2D eigenvalue weighted by Crippen LogP contribution is 2.18. The maximum atomic E-state index is 9.65. The van der Waals surface area contributed by atoms with Gasteiger partial charge in [0.05, 0.1) is 13.2 Å². The fourth-order valence-electron chi connectivity index (χ4n) is 3.84. The molecule has 0 unspecified atom stereocenters. The van der Waals surface area contributed by atoms with Crippen LogP contribution in [0.15, 0.2) is 60.7 Å². The molecule has 0 saturated heterocycles. The molecule has 0 amide bonds. The molecular formula is C28H42O3. The van der Waals surface area contributed by atoms with Crippen molar-refractivity contribution in [2.75, 3.05) is 19.8 Å². The predicted octanol–water partition coefficient (Wildman–Crippen LogP) is 6.93. The minimum atomic E-state index is 0.334. The molecule has 0 fully saturated rings.